The second-order valence-corrected chi connectivity index (χ2v) is 7.86. The minimum atomic E-state index is 0.500. The normalized spacial score (nSPS) is 11.3. The van der Waals surface area contributed by atoms with Crippen LogP contribution < -0.4 is 0 Å². The molecule has 2 heterocycles. The Morgan fingerprint density at radius 2 is 1.23 bits per heavy atom. The fourth-order valence-electron chi connectivity index (χ4n) is 3.16. The molecule has 0 aliphatic rings. The SMILES string of the molecule is Brc1ccc(-c2ccc(/C=C/c3ccc(-c4nnc(-c5ccccc5)o4)cc3)o2)cc1. The third-order valence-corrected chi connectivity index (χ3v) is 5.33. The van der Waals surface area contributed by atoms with Gasteiger partial charge in [0, 0.05) is 21.2 Å². The molecule has 0 amide bonds. The molecule has 5 aromatic rings. The van der Waals surface area contributed by atoms with Crippen LogP contribution in [0, 0.1) is 0 Å². The van der Waals surface area contributed by atoms with Crippen molar-refractivity contribution in [3.63, 3.8) is 0 Å². The quantitative estimate of drug-likeness (QED) is 0.266. The van der Waals surface area contributed by atoms with Crippen molar-refractivity contribution in [2.75, 3.05) is 0 Å². The number of hydrogen-bond donors (Lipinski definition) is 0. The van der Waals surface area contributed by atoms with E-state index in [9.17, 15) is 0 Å². The van der Waals surface area contributed by atoms with E-state index in [4.69, 9.17) is 8.83 Å². The Morgan fingerprint density at radius 1 is 0.581 bits per heavy atom. The van der Waals surface area contributed by atoms with E-state index in [0.717, 1.165) is 38.2 Å². The lowest BCUT2D eigenvalue weighted by Crippen LogP contribution is -1.78. The molecule has 5 rings (SSSR count). The highest BCUT2D eigenvalue weighted by Gasteiger charge is 2.10. The first kappa shape index (κ1) is 19.3. The Labute approximate surface area is 188 Å². The average molecular weight is 469 g/mol. The van der Waals surface area contributed by atoms with Gasteiger partial charge in [-0.2, -0.15) is 0 Å². The minimum absolute atomic E-state index is 0.500. The predicted molar refractivity (Wildman–Crippen MR) is 126 cm³/mol. The van der Waals surface area contributed by atoms with Crippen molar-refractivity contribution in [3.8, 4) is 34.2 Å². The summed E-state index contributed by atoms with van der Waals surface area (Å²) in [6.45, 7) is 0. The lowest BCUT2D eigenvalue weighted by molar-refractivity contribution is 0.572. The second kappa shape index (κ2) is 8.58. The zero-order valence-corrected chi connectivity index (χ0v) is 18.0. The van der Waals surface area contributed by atoms with Crippen LogP contribution in [0.15, 0.2) is 104 Å². The van der Waals surface area contributed by atoms with Gasteiger partial charge in [0.15, 0.2) is 0 Å². The van der Waals surface area contributed by atoms with Crippen LogP contribution in [0.5, 0.6) is 0 Å². The molecule has 0 aliphatic heterocycles. The molecule has 3 aromatic carbocycles. The summed E-state index contributed by atoms with van der Waals surface area (Å²) in [6, 6.07) is 29.7. The molecule has 150 valence electrons. The van der Waals surface area contributed by atoms with Gasteiger partial charge in [-0.3, -0.25) is 0 Å². The molecule has 0 N–H and O–H groups in total. The number of hydrogen-bond acceptors (Lipinski definition) is 4. The lowest BCUT2D eigenvalue weighted by atomic mass is 10.1. The number of nitrogens with zero attached hydrogens (tertiary/aromatic N) is 2. The van der Waals surface area contributed by atoms with Crippen molar-refractivity contribution in [2.24, 2.45) is 0 Å². The van der Waals surface area contributed by atoms with Crippen molar-refractivity contribution in [1.82, 2.24) is 10.2 Å². The molecule has 4 nitrogen and oxygen atoms in total. The Balaban J connectivity index is 1.29. The first-order chi connectivity index (χ1) is 15.2. The monoisotopic (exact) mass is 468 g/mol. The summed E-state index contributed by atoms with van der Waals surface area (Å²) in [4.78, 5) is 0. The van der Waals surface area contributed by atoms with Crippen molar-refractivity contribution in [1.29, 1.82) is 0 Å². The molecule has 0 fully saturated rings. The molecule has 0 radical (unpaired) electrons. The van der Waals surface area contributed by atoms with Crippen LogP contribution in [0.3, 0.4) is 0 Å². The molecular weight excluding hydrogens is 452 g/mol. The molecule has 0 saturated heterocycles. The summed E-state index contributed by atoms with van der Waals surface area (Å²) < 4.78 is 12.8. The zero-order valence-electron chi connectivity index (χ0n) is 16.4. The van der Waals surface area contributed by atoms with Crippen LogP contribution in [0.1, 0.15) is 11.3 Å². The largest absolute Gasteiger partial charge is 0.457 e. The van der Waals surface area contributed by atoms with Crippen molar-refractivity contribution in [3.05, 3.63) is 107 Å². The van der Waals surface area contributed by atoms with Gasteiger partial charge >= 0.3 is 0 Å². The molecule has 31 heavy (non-hydrogen) atoms. The van der Waals surface area contributed by atoms with Crippen molar-refractivity contribution >= 4 is 28.1 Å². The summed E-state index contributed by atoms with van der Waals surface area (Å²) in [5.74, 6) is 2.65. The van der Waals surface area contributed by atoms with E-state index < -0.39 is 0 Å². The van der Waals surface area contributed by atoms with Gasteiger partial charge in [-0.25, -0.2) is 0 Å². The minimum Gasteiger partial charge on any atom is -0.457 e. The lowest BCUT2D eigenvalue weighted by Gasteiger charge is -1.98. The first-order valence-corrected chi connectivity index (χ1v) is 10.6. The van der Waals surface area contributed by atoms with E-state index in [2.05, 4.69) is 26.1 Å². The van der Waals surface area contributed by atoms with Crippen LogP contribution in [0.25, 0.3) is 46.4 Å². The van der Waals surface area contributed by atoms with Gasteiger partial charge in [0.25, 0.3) is 0 Å². The highest BCUT2D eigenvalue weighted by atomic mass is 79.9. The molecule has 2 aromatic heterocycles. The van der Waals surface area contributed by atoms with Gasteiger partial charge in [0.05, 0.1) is 0 Å². The van der Waals surface area contributed by atoms with Crippen LogP contribution in [-0.2, 0) is 0 Å². The molecule has 0 aliphatic carbocycles. The van der Waals surface area contributed by atoms with Crippen LogP contribution in [0.2, 0.25) is 0 Å². The number of halogens is 1. The third-order valence-electron chi connectivity index (χ3n) is 4.80. The summed E-state index contributed by atoms with van der Waals surface area (Å²) in [5.41, 5.74) is 3.87. The highest BCUT2D eigenvalue weighted by Crippen LogP contribution is 2.26. The first-order valence-electron chi connectivity index (χ1n) is 9.78. The van der Waals surface area contributed by atoms with Crippen LogP contribution >= 0.6 is 15.9 Å². The average Bonchev–Trinajstić information content (AvgIpc) is 3.50. The standard InChI is InChI=1S/C26H17BrN2O2/c27-22-13-11-19(12-14-22)24-17-16-23(30-24)15-8-18-6-9-21(10-7-18)26-29-28-25(31-26)20-4-2-1-3-5-20/h1-17H/b15-8+. The van der Waals surface area contributed by atoms with Crippen LogP contribution in [0.4, 0.5) is 0 Å². The van der Waals surface area contributed by atoms with Gasteiger partial charge in [0.2, 0.25) is 11.8 Å². The third kappa shape index (κ3) is 4.42. The maximum Gasteiger partial charge on any atom is 0.248 e. The van der Waals surface area contributed by atoms with E-state index in [1.165, 1.54) is 0 Å². The number of benzene rings is 3. The molecule has 0 saturated carbocycles. The van der Waals surface area contributed by atoms with Crippen molar-refractivity contribution in [2.45, 2.75) is 0 Å². The maximum absolute atomic E-state index is 5.93. The second-order valence-electron chi connectivity index (χ2n) is 6.94. The Bertz CT molecular complexity index is 1320. The zero-order chi connectivity index (χ0) is 21.0. The Morgan fingerprint density at radius 3 is 1.94 bits per heavy atom. The summed E-state index contributed by atoms with van der Waals surface area (Å²) in [6.07, 6.45) is 3.97. The van der Waals surface area contributed by atoms with Gasteiger partial charge in [-0.05, 0) is 60.2 Å². The van der Waals surface area contributed by atoms with E-state index in [1.54, 1.807) is 0 Å². The maximum atomic E-state index is 5.93. The Hall–Kier alpha value is -3.70. The van der Waals surface area contributed by atoms with Crippen molar-refractivity contribution < 1.29 is 8.83 Å². The van der Waals surface area contributed by atoms with E-state index in [1.807, 2.05) is 103 Å². The Kier molecular flexibility index (Phi) is 5.33. The molecule has 5 heteroatoms. The van der Waals surface area contributed by atoms with Gasteiger partial charge in [0.1, 0.15) is 11.5 Å². The molecule has 0 bridgehead atoms. The molecule has 0 spiro atoms. The number of aromatic nitrogens is 2. The van der Waals surface area contributed by atoms with Gasteiger partial charge in [-0.15, -0.1) is 10.2 Å². The predicted octanol–water partition coefficient (Wildman–Crippen LogP) is 7.60. The summed E-state index contributed by atoms with van der Waals surface area (Å²) in [5, 5.41) is 8.32. The number of rotatable bonds is 5. The van der Waals surface area contributed by atoms with E-state index >= 15 is 0 Å². The fourth-order valence-corrected chi connectivity index (χ4v) is 3.43. The molecular formula is C26H17BrN2O2. The summed E-state index contributed by atoms with van der Waals surface area (Å²) >= 11 is 3.45. The van der Waals surface area contributed by atoms with Crippen LogP contribution in [-0.4, -0.2) is 10.2 Å². The molecule has 0 unspecified atom stereocenters. The smallest absolute Gasteiger partial charge is 0.248 e. The highest BCUT2D eigenvalue weighted by molar-refractivity contribution is 9.10. The van der Waals surface area contributed by atoms with E-state index in [0.29, 0.717) is 11.8 Å². The number of furan rings is 1. The van der Waals surface area contributed by atoms with Gasteiger partial charge < -0.3 is 8.83 Å². The topological polar surface area (TPSA) is 52.1 Å². The molecule has 0 atom stereocenters. The van der Waals surface area contributed by atoms with Gasteiger partial charge in [-0.1, -0.05) is 64.5 Å². The summed E-state index contributed by atoms with van der Waals surface area (Å²) in [7, 11) is 0. The van der Waals surface area contributed by atoms with E-state index in [-0.39, 0.29) is 0 Å². The fraction of sp³-hybridized carbons (Fsp3) is 0.